The topological polar surface area (TPSA) is 50.9 Å². The SMILES string of the molecule is BC12CCc3c(nnn3C(C)C)CCC1(S)[C@@H]2CO. The molecule has 1 heterocycles. The van der Waals surface area contributed by atoms with E-state index in [9.17, 15) is 5.11 Å². The van der Waals surface area contributed by atoms with Crippen LogP contribution in [-0.4, -0.2) is 39.3 Å². The van der Waals surface area contributed by atoms with E-state index >= 15 is 0 Å². The fourth-order valence-electron chi connectivity index (χ4n) is 3.95. The number of aromatic nitrogens is 3. The van der Waals surface area contributed by atoms with Gasteiger partial charge in [0.25, 0.3) is 0 Å². The summed E-state index contributed by atoms with van der Waals surface area (Å²) in [5.41, 5.74) is 2.42. The quantitative estimate of drug-likeness (QED) is 0.622. The van der Waals surface area contributed by atoms with Crippen molar-refractivity contribution in [3.05, 3.63) is 11.4 Å². The van der Waals surface area contributed by atoms with Crippen molar-refractivity contribution in [2.45, 2.75) is 55.6 Å². The van der Waals surface area contributed by atoms with Gasteiger partial charge in [-0.1, -0.05) is 5.21 Å². The van der Waals surface area contributed by atoms with E-state index in [4.69, 9.17) is 12.6 Å². The maximum atomic E-state index is 9.58. The van der Waals surface area contributed by atoms with Crippen LogP contribution in [0.25, 0.3) is 0 Å². The zero-order valence-electron chi connectivity index (χ0n) is 11.9. The van der Waals surface area contributed by atoms with Crippen molar-refractivity contribution in [1.29, 1.82) is 0 Å². The molecule has 1 saturated carbocycles. The summed E-state index contributed by atoms with van der Waals surface area (Å²) < 4.78 is 2.04. The Hall–Kier alpha value is -0.485. The first-order valence-corrected chi connectivity index (χ1v) is 7.65. The molecule has 0 amide bonds. The minimum Gasteiger partial charge on any atom is -0.396 e. The summed E-state index contributed by atoms with van der Waals surface area (Å²) in [4.78, 5) is 0. The number of nitrogens with zero attached hydrogens (tertiary/aromatic N) is 3. The molecular formula is C13H22BN3OS. The molecule has 2 unspecified atom stereocenters. The Bertz CT molecular complexity index is 506. The average Bonchev–Trinajstić information content (AvgIpc) is 2.69. The number of fused-ring (bicyclic) bond motifs is 2. The highest BCUT2D eigenvalue weighted by atomic mass is 32.1. The van der Waals surface area contributed by atoms with Gasteiger partial charge in [0.15, 0.2) is 0 Å². The minimum absolute atomic E-state index is 0.0128. The molecule has 1 N–H and O–H groups in total. The van der Waals surface area contributed by atoms with E-state index in [0.29, 0.717) is 12.0 Å². The molecule has 0 saturated heterocycles. The summed E-state index contributed by atoms with van der Waals surface area (Å²) in [6.07, 6.45) is 3.98. The van der Waals surface area contributed by atoms with E-state index in [1.165, 1.54) is 5.69 Å². The van der Waals surface area contributed by atoms with Gasteiger partial charge in [0, 0.05) is 17.4 Å². The molecule has 0 bridgehead atoms. The minimum atomic E-state index is -0.0128. The van der Waals surface area contributed by atoms with Crippen molar-refractivity contribution < 1.29 is 5.11 Å². The molecule has 0 aromatic carbocycles. The highest BCUT2D eigenvalue weighted by Crippen LogP contribution is 2.74. The summed E-state index contributed by atoms with van der Waals surface area (Å²) in [5.74, 6) is 0.327. The van der Waals surface area contributed by atoms with Gasteiger partial charge in [-0.15, -0.1) is 5.10 Å². The Morgan fingerprint density at radius 3 is 2.84 bits per heavy atom. The van der Waals surface area contributed by atoms with Crippen LogP contribution in [-0.2, 0) is 12.8 Å². The Balaban J connectivity index is 1.91. The van der Waals surface area contributed by atoms with Crippen molar-refractivity contribution >= 4 is 20.5 Å². The molecule has 3 rings (SSSR count). The van der Waals surface area contributed by atoms with Gasteiger partial charge in [-0.3, -0.25) is 0 Å². The van der Waals surface area contributed by atoms with Crippen LogP contribution in [0.3, 0.4) is 0 Å². The van der Waals surface area contributed by atoms with Crippen LogP contribution in [0, 0.1) is 5.92 Å². The van der Waals surface area contributed by atoms with Gasteiger partial charge in [0.1, 0.15) is 7.85 Å². The Morgan fingerprint density at radius 2 is 2.21 bits per heavy atom. The van der Waals surface area contributed by atoms with Crippen molar-refractivity contribution in [2.75, 3.05) is 6.61 Å². The maximum absolute atomic E-state index is 9.58. The second-order valence-corrected chi connectivity index (χ2v) is 7.40. The number of aliphatic hydroxyl groups is 1. The van der Waals surface area contributed by atoms with Crippen LogP contribution < -0.4 is 0 Å². The highest BCUT2D eigenvalue weighted by Gasteiger charge is 2.70. The van der Waals surface area contributed by atoms with E-state index in [0.717, 1.165) is 31.4 Å². The van der Waals surface area contributed by atoms with Crippen LogP contribution >= 0.6 is 12.6 Å². The van der Waals surface area contributed by atoms with Crippen molar-refractivity contribution in [3.8, 4) is 0 Å². The molecule has 1 aromatic heterocycles. The molecule has 19 heavy (non-hydrogen) atoms. The van der Waals surface area contributed by atoms with Crippen LogP contribution in [0.15, 0.2) is 0 Å². The normalized spacial score (nSPS) is 37.4. The monoisotopic (exact) mass is 279 g/mol. The lowest BCUT2D eigenvalue weighted by Gasteiger charge is -2.21. The molecule has 2 aliphatic carbocycles. The fourth-order valence-corrected chi connectivity index (χ4v) is 4.63. The number of aryl methyl sites for hydroxylation is 1. The zero-order valence-corrected chi connectivity index (χ0v) is 12.8. The summed E-state index contributed by atoms with van der Waals surface area (Å²) >= 11 is 4.89. The van der Waals surface area contributed by atoms with Gasteiger partial charge in [0.2, 0.25) is 0 Å². The second kappa shape index (κ2) is 4.25. The number of hydrogen-bond acceptors (Lipinski definition) is 4. The first-order valence-electron chi connectivity index (χ1n) is 7.20. The molecular weight excluding hydrogens is 257 g/mol. The van der Waals surface area contributed by atoms with Gasteiger partial charge in [-0.05, 0) is 50.8 Å². The van der Waals surface area contributed by atoms with Crippen molar-refractivity contribution in [1.82, 2.24) is 15.0 Å². The molecule has 0 radical (unpaired) electrons. The molecule has 1 fully saturated rings. The van der Waals surface area contributed by atoms with Crippen LogP contribution in [0.2, 0.25) is 5.31 Å². The van der Waals surface area contributed by atoms with E-state index in [-0.39, 0.29) is 16.7 Å². The lowest BCUT2D eigenvalue weighted by molar-refractivity contribution is 0.265. The molecule has 0 aliphatic heterocycles. The summed E-state index contributed by atoms with van der Waals surface area (Å²) in [5, 5.41) is 18.4. The third-order valence-electron chi connectivity index (χ3n) is 5.42. The molecule has 2 aliphatic rings. The summed E-state index contributed by atoms with van der Waals surface area (Å²) in [7, 11) is 2.27. The number of aliphatic hydroxyl groups excluding tert-OH is 1. The zero-order chi connectivity index (χ0) is 13.8. The number of rotatable bonds is 2. The molecule has 3 atom stereocenters. The second-order valence-electron chi connectivity index (χ2n) is 6.60. The first kappa shape index (κ1) is 13.5. The summed E-state index contributed by atoms with van der Waals surface area (Å²) in [6.45, 7) is 4.54. The Morgan fingerprint density at radius 1 is 1.47 bits per heavy atom. The van der Waals surface area contributed by atoms with E-state index in [1.807, 2.05) is 0 Å². The molecule has 4 nitrogen and oxygen atoms in total. The third kappa shape index (κ3) is 1.72. The molecule has 104 valence electrons. The largest absolute Gasteiger partial charge is 0.396 e. The van der Waals surface area contributed by atoms with E-state index in [2.05, 4.69) is 36.7 Å². The van der Waals surface area contributed by atoms with Crippen LogP contribution in [0.4, 0.5) is 0 Å². The van der Waals surface area contributed by atoms with Crippen molar-refractivity contribution in [3.63, 3.8) is 0 Å². The maximum Gasteiger partial charge on any atom is 0.111 e. The van der Waals surface area contributed by atoms with E-state index in [1.54, 1.807) is 0 Å². The standard InChI is InChI=1S/C13H22BN3OS/c1-8(2)17-10-4-5-12(14)11(7-18)13(12,19)6-3-9(10)15-16-17/h8,11,18-19H,3-7,14H2,1-2H3/t11-,12?,13?/m1/s1. The lowest BCUT2D eigenvalue weighted by Crippen LogP contribution is -2.17. The third-order valence-corrected chi connectivity index (χ3v) is 6.46. The molecule has 1 aromatic rings. The molecule has 6 heteroatoms. The smallest absolute Gasteiger partial charge is 0.111 e. The van der Waals surface area contributed by atoms with Gasteiger partial charge < -0.3 is 5.11 Å². The van der Waals surface area contributed by atoms with Crippen LogP contribution in [0.5, 0.6) is 0 Å². The van der Waals surface area contributed by atoms with Crippen LogP contribution in [0.1, 0.15) is 44.1 Å². The molecule has 0 spiro atoms. The van der Waals surface area contributed by atoms with Gasteiger partial charge >= 0.3 is 0 Å². The predicted octanol–water partition coefficient (Wildman–Crippen LogP) is 0.820. The number of hydrogen-bond donors (Lipinski definition) is 2. The predicted molar refractivity (Wildman–Crippen MR) is 80.6 cm³/mol. The number of thiol groups is 1. The van der Waals surface area contributed by atoms with Gasteiger partial charge in [-0.25, -0.2) is 4.68 Å². The van der Waals surface area contributed by atoms with Crippen molar-refractivity contribution in [2.24, 2.45) is 5.92 Å². The van der Waals surface area contributed by atoms with Gasteiger partial charge in [0.05, 0.1) is 11.4 Å². The lowest BCUT2D eigenvalue weighted by atomic mass is 9.73. The highest BCUT2D eigenvalue weighted by molar-refractivity contribution is 7.82. The Labute approximate surface area is 120 Å². The van der Waals surface area contributed by atoms with Gasteiger partial charge in [-0.2, -0.15) is 12.6 Å². The van der Waals surface area contributed by atoms with E-state index < -0.39 is 0 Å². The average molecular weight is 279 g/mol. The first-order chi connectivity index (χ1) is 8.94. The fraction of sp³-hybridized carbons (Fsp3) is 0.846. The summed E-state index contributed by atoms with van der Waals surface area (Å²) in [6, 6.07) is 0.358. The Kier molecular flexibility index (Phi) is 3.02.